The first-order valence-electron chi connectivity index (χ1n) is 6.38. The number of benzene rings is 1. The van der Waals surface area contributed by atoms with Crippen molar-refractivity contribution in [3.63, 3.8) is 0 Å². The third-order valence-corrected chi connectivity index (χ3v) is 3.18. The number of nitrogens with zero attached hydrogens (tertiary/aromatic N) is 1. The number of fused-ring (bicyclic) bond motifs is 1. The van der Waals surface area contributed by atoms with Crippen LogP contribution in [0.2, 0.25) is 5.02 Å². The first-order chi connectivity index (χ1) is 10.5. The maximum atomic E-state index is 13.6. The smallest absolute Gasteiger partial charge is 0.343 e. The van der Waals surface area contributed by atoms with Gasteiger partial charge in [0.15, 0.2) is 0 Å². The van der Waals surface area contributed by atoms with Crippen LogP contribution in [0.15, 0.2) is 23.1 Å². The van der Waals surface area contributed by atoms with Gasteiger partial charge < -0.3 is 15.0 Å². The number of aldehydes is 1. The van der Waals surface area contributed by atoms with Crippen LogP contribution >= 0.6 is 11.6 Å². The highest BCUT2D eigenvalue weighted by Gasteiger charge is 2.18. The number of esters is 1. The van der Waals surface area contributed by atoms with E-state index in [0.717, 1.165) is 6.07 Å². The molecule has 0 saturated heterocycles. The highest BCUT2D eigenvalue weighted by atomic mass is 35.5. The van der Waals surface area contributed by atoms with Gasteiger partial charge in [0.1, 0.15) is 17.7 Å². The lowest BCUT2D eigenvalue weighted by Crippen LogP contribution is -2.25. The van der Waals surface area contributed by atoms with Crippen LogP contribution in [0, 0.1) is 5.82 Å². The van der Waals surface area contributed by atoms with E-state index in [2.05, 4.69) is 5.43 Å². The molecular formula is C14H12ClFN2O4. The summed E-state index contributed by atoms with van der Waals surface area (Å²) in [7, 11) is 0. The first kappa shape index (κ1) is 16.0. The molecule has 22 heavy (non-hydrogen) atoms. The zero-order valence-corrected chi connectivity index (χ0v) is 12.3. The van der Waals surface area contributed by atoms with Crippen LogP contribution in [0.25, 0.3) is 10.9 Å². The van der Waals surface area contributed by atoms with Crippen LogP contribution in [-0.2, 0) is 9.53 Å². The van der Waals surface area contributed by atoms with Gasteiger partial charge in [0.25, 0.3) is 0 Å². The average Bonchev–Trinajstić information content (AvgIpc) is 2.49. The van der Waals surface area contributed by atoms with Crippen LogP contribution in [0.5, 0.6) is 0 Å². The lowest BCUT2D eigenvalue weighted by Gasteiger charge is -2.14. The molecule has 116 valence electrons. The molecule has 0 unspecified atom stereocenters. The van der Waals surface area contributed by atoms with Crippen LogP contribution < -0.4 is 10.9 Å². The zero-order chi connectivity index (χ0) is 16.3. The van der Waals surface area contributed by atoms with E-state index < -0.39 is 17.2 Å². The van der Waals surface area contributed by atoms with Crippen molar-refractivity contribution in [1.82, 2.24) is 4.68 Å². The SMILES string of the molecule is CCOC(=O)c1cn(NCC=O)c2cc(Cl)c(F)cc2c1=O. The van der Waals surface area contributed by atoms with Crippen LogP contribution in [0.1, 0.15) is 17.3 Å². The summed E-state index contributed by atoms with van der Waals surface area (Å²) >= 11 is 5.72. The molecule has 8 heteroatoms. The van der Waals surface area contributed by atoms with Gasteiger partial charge in [-0.25, -0.2) is 9.18 Å². The second kappa shape index (κ2) is 6.57. The molecule has 0 aliphatic rings. The minimum atomic E-state index is -0.827. The Morgan fingerprint density at radius 1 is 1.50 bits per heavy atom. The normalized spacial score (nSPS) is 10.5. The number of hydrogen-bond donors (Lipinski definition) is 1. The van der Waals surface area contributed by atoms with E-state index in [0.29, 0.717) is 6.29 Å². The van der Waals surface area contributed by atoms with Crippen molar-refractivity contribution in [1.29, 1.82) is 0 Å². The zero-order valence-electron chi connectivity index (χ0n) is 11.6. The molecule has 0 amide bonds. The molecular weight excluding hydrogens is 315 g/mol. The third-order valence-electron chi connectivity index (χ3n) is 2.89. The second-order valence-corrected chi connectivity index (χ2v) is 4.68. The molecule has 0 radical (unpaired) electrons. The number of aromatic nitrogens is 1. The summed E-state index contributed by atoms with van der Waals surface area (Å²) in [6.07, 6.45) is 1.79. The summed E-state index contributed by atoms with van der Waals surface area (Å²) < 4.78 is 19.7. The van der Waals surface area contributed by atoms with E-state index in [1.165, 1.54) is 16.9 Å². The summed E-state index contributed by atoms with van der Waals surface area (Å²) in [5.74, 6) is -1.61. The lowest BCUT2D eigenvalue weighted by molar-refractivity contribution is -0.106. The molecule has 1 N–H and O–H groups in total. The molecule has 0 fully saturated rings. The van der Waals surface area contributed by atoms with Gasteiger partial charge in [-0.2, -0.15) is 0 Å². The fraction of sp³-hybridized carbons (Fsp3) is 0.214. The Bertz CT molecular complexity index is 804. The molecule has 2 rings (SSSR count). The maximum absolute atomic E-state index is 13.6. The molecule has 0 aliphatic heterocycles. The van der Waals surface area contributed by atoms with Crippen LogP contribution in [0.4, 0.5) is 4.39 Å². The molecule has 6 nitrogen and oxygen atoms in total. The molecule has 1 heterocycles. The largest absolute Gasteiger partial charge is 0.462 e. The Morgan fingerprint density at radius 3 is 2.86 bits per heavy atom. The van der Waals surface area contributed by atoms with Crippen LogP contribution in [0.3, 0.4) is 0 Å². The van der Waals surface area contributed by atoms with E-state index in [-0.39, 0.29) is 34.6 Å². The number of nitrogens with one attached hydrogen (secondary N) is 1. The third kappa shape index (κ3) is 2.94. The lowest BCUT2D eigenvalue weighted by atomic mass is 10.1. The first-order valence-corrected chi connectivity index (χ1v) is 6.76. The molecule has 0 atom stereocenters. The van der Waals surface area contributed by atoms with Gasteiger partial charge in [-0.1, -0.05) is 11.6 Å². The van der Waals surface area contributed by atoms with Crippen molar-refractivity contribution >= 4 is 34.8 Å². The molecule has 0 aliphatic carbocycles. The quantitative estimate of drug-likeness (QED) is 0.668. The van der Waals surface area contributed by atoms with Gasteiger partial charge in [-0.15, -0.1) is 0 Å². The molecule has 1 aromatic heterocycles. The van der Waals surface area contributed by atoms with E-state index in [1.54, 1.807) is 6.92 Å². The monoisotopic (exact) mass is 326 g/mol. The topological polar surface area (TPSA) is 77.4 Å². The predicted molar refractivity (Wildman–Crippen MR) is 79.4 cm³/mol. The fourth-order valence-electron chi connectivity index (χ4n) is 1.94. The van der Waals surface area contributed by atoms with Crippen LogP contribution in [-0.4, -0.2) is 30.1 Å². The van der Waals surface area contributed by atoms with Crippen molar-refractivity contribution in [2.45, 2.75) is 6.92 Å². The van der Waals surface area contributed by atoms with Gasteiger partial charge in [0.2, 0.25) is 5.43 Å². The number of pyridine rings is 1. The van der Waals surface area contributed by atoms with Crippen molar-refractivity contribution < 1.29 is 18.7 Å². The number of halogens is 2. The van der Waals surface area contributed by atoms with Gasteiger partial charge in [0.05, 0.1) is 29.1 Å². The molecule has 0 saturated carbocycles. The highest BCUT2D eigenvalue weighted by Crippen LogP contribution is 2.21. The van der Waals surface area contributed by atoms with Gasteiger partial charge >= 0.3 is 5.97 Å². The Hall–Kier alpha value is -2.41. The average molecular weight is 327 g/mol. The molecule has 0 spiro atoms. The summed E-state index contributed by atoms with van der Waals surface area (Å²) in [5, 5.41) is -0.233. The van der Waals surface area contributed by atoms with Crippen molar-refractivity contribution in [2.75, 3.05) is 18.6 Å². The van der Waals surface area contributed by atoms with Crippen molar-refractivity contribution in [3.8, 4) is 0 Å². The van der Waals surface area contributed by atoms with Gasteiger partial charge in [0, 0.05) is 6.20 Å². The van der Waals surface area contributed by atoms with E-state index in [9.17, 15) is 18.8 Å². The minimum absolute atomic E-state index is 0.0501. The summed E-state index contributed by atoms with van der Waals surface area (Å²) in [6.45, 7) is 1.61. The second-order valence-electron chi connectivity index (χ2n) is 4.27. The van der Waals surface area contributed by atoms with Gasteiger partial charge in [-0.05, 0) is 19.1 Å². The number of rotatable bonds is 5. The fourth-order valence-corrected chi connectivity index (χ4v) is 2.10. The summed E-state index contributed by atoms with van der Waals surface area (Å²) in [5.41, 5.74) is 1.97. The van der Waals surface area contributed by atoms with Gasteiger partial charge in [-0.3, -0.25) is 9.47 Å². The Kier molecular flexibility index (Phi) is 4.77. The van der Waals surface area contributed by atoms with Crippen molar-refractivity contribution in [3.05, 3.63) is 45.0 Å². The standard InChI is InChI=1S/C14H12ClFN2O4/c1-2-22-14(21)9-7-18(17-3-4-19)12-6-10(15)11(16)5-8(12)13(9)20/h4-7,17H,2-3H2,1H3. The van der Waals surface area contributed by atoms with Crippen molar-refractivity contribution in [2.24, 2.45) is 0 Å². The summed E-state index contributed by atoms with van der Waals surface area (Å²) in [6, 6.07) is 2.18. The molecule has 2 aromatic rings. The van der Waals surface area contributed by atoms with E-state index in [1.807, 2.05) is 0 Å². The van der Waals surface area contributed by atoms with E-state index >= 15 is 0 Å². The Labute approximate surface area is 129 Å². The highest BCUT2D eigenvalue weighted by molar-refractivity contribution is 6.31. The maximum Gasteiger partial charge on any atom is 0.343 e. The Morgan fingerprint density at radius 2 is 2.23 bits per heavy atom. The summed E-state index contributed by atoms with van der Waals surface area (Å²) in [4.78, 5) is 34.7. The number of ether oxygens (including phenoxy) is 1. The Balaban J connectivity index is 2.75. The predicted octanol–water partition coefficient (Wildman–Crippen LogP) is 1.71. The number of carbonyl (C=O) groups excluding carboxylic acids is 2. The minimum Gasteiger partial charge on any atom is -0.462 e. The molecule has 1 aromatic carbocycles. The van der Waals surface area contributed by atoms with E-state index in [4.69, 9.17) is 16.3 Å². The molecule has 0 bridgehead atoms. The number of carbonyl (C=O) groups is 2. The number of hydrogen-bond acceptors (Lipinski definition) is 5.